The van der Waals surface area contributed by atoms with Crippen LogP contribution in [0.4, 0.5) is 4.79 Å². The van der Waals surface area contributed by atoms with E-state index in [1.807, 2.05) is 0 Å². The molecule has 15 heavy (non-hydrogen) atoms. The van der Waals surface area contributed by atoms with Crippen LogP contribution in [0.15, 0.2) is 0 Å². The molecule has 2 fully saturated rings. The second kappa shape index (κ2) is 4.26. The van der Waals surface area contributed by atoms with E-state index in [4.69, 9.17) is 11.6 Å². The Morgan fingerprint density at radius 3 is 3.07 bits per heavy atom. The summed E-state index contributed by atoms with van der Waals surface area (Å²) in [7, 11) is 0. The van der Waals surface area contributed by atoms with Gasteiger partial charge in [-0.3, -0.25) is 4.79 Å². The molecule has 0 saturated carbocycles. The summed E-state index contributed by atoms with van der Waals surface area (Å²) in [6.45, 7) is 2.53. The van der Waals surface area contributed by atoms with Crippen LogP contribution >= 0.6 is 11.6 Å². The molecule has 5 nitrogen and oxygen atoms in total. The number of nitrogens with one attached hydrogen (secondary N) is 1. The van der Waals surface area contributed by atoms with E-state index in [-0.39, 0.29) is 18.0 Å². The van der Waals surface area contributed by atoms with E-state index in [1.165, 1.54) is 0 Å². The van der Waals surface area contributed by atoms with Gasteiger partial charge in [-0.2, -0.15) is 0 Å². The lowest BCUT2D eigenvalue weighted by atomic mass is 10.2. The molecule has 2 aliphatic heterocycles. The van der Waals surface area contributed by atoms with Crippen LogP contribution < -0.4 is 5.32 Å². The molecule has 2 saturated heterocycles. The average molecular weight is 232 g/mol. The normalized spacial score (nSPS) is 25.1. The number of urea groups is 1. The summed E-state index contributed by atoms with van der Waals surface area (Å²) in [5.41, 5.74) is 0. The summed E-state index contributed by atoms with van der Waals surface area (Å²) in [6.07, 6.45) is 0.385. The molecular formula is C9H14ClN3O2. The van der Waals surface area contributed by atoms with E-state index in [1.54, 1.807) is 9.80 Å². The molecule has 0 bridgehead atoms. The molecule has 6 heteroatoms. The Balaban J connectivity index is 1.93. The van der Waals surface area contributed by atoms with E-state index in [0.717, 1.165) is 0 Å². The van der Waals surface area contributed by atoms with Crippen molar-refractivity contribution < 1.29 is 9.59 Å². The standard InChI is InChI=1S/C9H14ClN3O2/c10-2-1-8(14)12-3-4-13-7(6-12)5-11-9(13)15/h7H,1-6H2,(H,11,15). The van der Waals surface area contributed by atoms with Gasteiger partial charge >= 0.3 is 6.03 Å². The van der Waals surface area contributed by atoms with Gasteiger partial charge in [-0.05, 0) is 0 Å². The minimum Gasteiger partial charge on any atom is -0.339 e. The third-order valence-electron chi connectivity index (χ3n) is 2.89. The first-order valence-electron chi connectivity index (χ1n) is 5.10. The Kier molecular flexibility index (Phi) is 3.00. The van der Waals surface area contributed by atoms with Gasteiger partial charge in [0.15, 0.2) is 0 Å². The van der Waals surface area contributed by atoms with Crippen molar-refractivity contribution in [1.29, 1.82) is 0 Å². The van der Waals surface area contributed by atoms with Crippen molar-refractivity contribution in [3.05, 3.63) is 0 Å². The molecule has 84 valence electrons. The second-order valence-electron chi connectivity index (χ2n) is 3.81. The van der Waals surface area contributed by atoms with Gasteiger partial charge in [0.2, 0.25) is 5.91 Å². The third kappa shape index (κ3) is 2.02. The molecule has 1 atom stereocenters. The highest BCUT2D eigenvalue weighted by molar-refractivity contribution is 6.18. The van der Waals surface area contributed by atoms with Gasteiger partial charge in [-0.1, -0.05) is 0 Å². The lowest BCUT2D eigenvalue weighted by Gasteiger charge is -2.36. The first kappa shape index (κ1) is 10.5. The van der Waals surface area contributed by atoms with Crippen molar-refractivity contribution in [1.82, 2.24) is 15.1 Å². The number of alkyl halides is 1. The lowest BCUT2D eigenvalue weighted by molar-refractivity contribution is -0.132. The minimum atomic E-state index is -0.00978. The Morgan fingerprint density at radius 2 is 2.33 bits per heavy atom. The molecule has 2 rings (SSSR count). The Bertz CT molecular complexity index is 285. The molecule has 0 aromatic carbocycles. The number of rotatable bonds is 2. The van der Waals surface area contributed by atoms with Crippen molar-refractivity contribution in [2.24, 2.45) is 0 Å². The van der Waals surface area contributed by atoms with Crippen LogP contribution in [0.1, 0.15) is 6.42 Å². The molecule has 0 spiro atoms. The monoisotopic (exact) mass is 231 g/mol. The highest BCUT2D eigenvalue weighted by atomic mass is 35.5. The fourth-order valence-electron chi connectivity index (χ4n) is 2.07. The maximum absolute atomic E-state index is 11.6. The quantitative estimate of drug-likeness (QED) is 0.673. The van der Waals surface area contributed by atoms with Crippen molar-refractivity contribution >= 4 is 23.5 Å². The molecule has 0 aromatic rings. The number of carbonyl (C=O) groups excluding carboxylic acids is 2. The van der Waals surface area contributed by atoms with Crippen molar-refractivity contribution in [3.8, 4) is 0 Å². The number of amides is 3. The Morgan fingerprint density at radius 1 is 1.53 bits per heavy atom. The SMILES string of the molecule is O=C(CCCl)N1CCN2C(=O)NCC2C1. The van der Waals surface area contributed by atoms with Gasteiger partial charge in [-0.25, -0.2) is 4.79 Å². The molecule has 0 aliphatic carbocycles. The number of fused-ring (bicyclic) bond motifs is 1. The van der Waals surface area contributed by atoms with Crippen molar-refractivity contribution in [3.63, 3.8) is 0 Å². The zero-order chi connectivity index (χ0) is 10.8. The minimum absolute atomic E-state index is 0.00978. The molecule has 1 unspecified atom stereocenters. The second-order valence-corrected chi connectivity index (χ2v) is 4.19. The van der Waals surface area contributed by atoms with Gasteiger partial charge in [0.1, 0.15) is 0 Å². The highest BCUT2D eigenvalue weighted by Gasteiger charge is 2.36. The van der Waals surface area contributed by atoms with Crippen LogP contribution in [-0.4, -0.2) is 59.8 Å². The van der Waals surface area contributed by atoms with E-state index in [9.17, 15) is 9.59 Å². The topological polar surface area (TPSA) is 52.7 Å². The molecule has 2 aliphatic rings. The van der Waals surface area contributed by atoms with Gasteiger partial charge in [0, 0.05) is 38.5 Å². The fraction of sp³-hybridized carbons (Fsp3) is 0.778. The van der Waals surface area contributed by atoms with Crippen molar-refractivity contribution in [2.75, 3.05) is 32.1 Å². The van der Waals surface area contributed by atoms with Crippen LogP contribution in [0.25, 0.3) is 0 Å². The van der Waals surface area contributed by atoms with E-state index in [2.05, 4.69) is 5.32 Å². The summed E-state index contributed by atoms with van der Waals surface area (Å²) in [5.74, 6) is 0.449. The first-order valence-corrected chi connectivity index (χ1v) is 5.64. The summed E-state index contributed by atoms with van der Waals surface area (Å²) < 4.78 is 0. The number of hydrogen-bond donors (Lipinski definition) is 1. The Hall–Kier alpha value is -0.970. The summed E-state index contributed by atoms with van der Waals surface area (Å²) in [5, 5.41) is 2.78. The summed E-state index contributed by atoms with van der Waals surface area (Å²) in [4.78, 5) is 26.5. The number of piperazine rings is 1. The smallest absolute Gasteiger partial charge is 0.317 e. The zero-order valence-corrected chi connectivity index (χ0v) is 9.16. The van der Waals surface area contributed by atoms with E-state index < -0.39 is 0 Å². The maximum Gasteiger partial charge on any atom is 0.317 e. The molecule has 1 N–H and O–H groups in total. The molecule has 3 amide bonds. The first-order chi connectivity index (χ1) is 7.22. The van der Waals surface area contributed by atoms with E-state index >= 15 is 0 Å². The maximum atomic E-state index is 11.6. The van der Waals surface area contributed by atoms with Gasteiger partial charge in [0.05, 0.1) is 6.04 Å². The van der Waals surface area contributed by atoms with Crippen LogP contribution in [0.2, 0.25) is 0 Å². The molecule has 0 radical (unpaired) electrons. The average Bonchev–Trinajstić information content (AvgIpc) is 2.60. The van der Waals surface area contributed by atoms with Crippen LogP contribution in [0.3, 0.4) is 0 Å². The number of halogens is 1. The van der Waals surface area contributed by atoms with Gasteiger partial charge in [0.25, 0.3) is 0 Å². The predicted octanol–water partition coefficient (Wildman–Crippen LogP) is -0.149. The number of hydrogen-bond acceptors (Lipinski definition) is 2. The molecular weight excluding hydrogens is 218 g/mol. The van der Waals surface area contributed by atoms with Crippen LogP contribution in [0, 0.1) is 0 Å². The Labute approximate surface area is 93.3 Å². The number of nitrogens with zero attached hydrogens (tertiary/aromatic N) is 2. The summed E-state index contributed by atoms with van der Waals surface area (Å²) in [6, 6.07) is 0.134. The van der Waals surface area contributed by atoms with Crippen LogP contribution in [-0.2, 0) is 4.79 Å². The largest absolute Gasteiger partial charge is 0.339 e. The fourth-order valence-corrected chi connectivity index (χ4v) is 2.23. The van der Waals surface area contributed by atoms with Gasteiger partial charge in [-0.15, -0.1) is 11.6 Å². The number of carbonyl (C=O) groups is 2. The highest BCUT2D eigenvalue weighted by Crippen LogP contribution is 2.14. The van der Waals surface area contributed by atoms with E-state index in [0.29, 0.717) is 38.5 Å². The third-order valence-corrected chi connectivity index (χ3v) is 3.08. The van der Waals surface area contributed by atoms with Crippen molar-refractivity contribution in [2.45, 2.75) is 12.5 Å². The van der Waals surface area contributed by atoms with Crippen LogP contribution in [0.5, 0.6) is 0 Å². The molecule has 0 aromatic heterocycles. The van der Waals surface area contributed by atoms with Gasteiger partial charge < -0.3 is 15.1 Å². The lowest BCUT2D eigenvalue weighted by Crippen LogP contribution is -2.53. The predicted molar refractivity (Wildman–Crippen MR) is 55.8 cm³/mol. The summed E-state index contributed by atoms with van der Waals surface area (Å²) >= 11 is 5.53. The molecule has 2 heterocycles. The zero-order valence-electron chi connectivity index (χ0n) is 8.41.